The molecule has 1 aromatic rings. The van der Waals surface area contributed by atoms with Gasteiger partial charge < -0.3 is 20.1 Å². The highest BCUT2D eigenvalue weighted by molar-refractivity contribution is 5.89. The van der Waals surface area contributed by atoms with E-state index in [0.717, 1.165) is 5.75 Å². The number of amides is 2. The Bertz CT molecular complexity index is 437. The number of nitrogens with zero attached hydrogens (tertiary/aromatic N) is 1. The summed E-state index contributed by atoms with van der Waals surface area (Å²) in [7, 11) is 3.28. The zero-order valence-corrected chi connectivity index (χ0v) is 12.8. The Morgan fingerprint density at radius 1 is 1.35 bits per heavy atom. The lowest BCUT2D eigenvalue weighted by molar-refractivity contribution is 0.0886. The molecular formula is C15H24N2O3. The van der Waals surface area contributed by atoms with Crippen LogP contribution in [0.1, 0.15) is 20.8 Å². The Labute approximate surface area is 120 Å². The molecule has 0 aliphatic rings. The Balaban J connectivity index is 2.73. The lowest BCUT2D eigenvalue weighted by Gasteiger charge is -2.36. The van der Waals surface area contributed by atoms with Gasteiger partial charge in [-0.25, -0.2) is 4.79 Å². The summed E-state index contributed by atoms with van der Waals surface area (Å²) in [6.45, 7) is 5.90. The van der Waals surface area contributed by atoms with E-state index >= 15 is 0 Å². The molecule has 0 aromatic heterocycles. The average molecular weight is 280 g/mol. The lowest BCUT2D eigenvalue weighted by atomic mass is 9.86. The SMILES string of the molecule is COc1ccc(NC(=O)N(C)[C@H](CO)C(C)(C)C)cc1. The molecule has 20 heavy (non-hydrogen) atoms. The monoisotopic (exact) mass is 280 g/mol. The van der Waals surface area contributed by atoms with E-state index in [9.17, 15) is 9.90 Å². The Morgan fingerprint density at radius 2 is 1.90 bits per heavy atom. The van der Waals surface area contributed by atoms with Gasteiger partial charge in [-0.3, -0.25) is 0 Å². The second kappa shape index (κ2) is 6.61. The lowest BCUT2D eigenvalue weighted by Crippen LogP contribution is -2.48. The molecule has 0 saturated heterocycles. The van der Waals surface area contributed by atoms with Gasteiger partial charge in [0.05, 0.1) is 19.8 Å². The van der Waals surface area contributed by atoms with Crippen LogP contribution in [0.5, 0.6) is 5.75 Å². The van der Waals surface area contributed by atoms with Crippen LogP contribution in [-0.2, 0) is 0 Å². The highest BCUT2D eigenvalue weighted by Gasteiger charge is 2.30. The van der Waals surface area contributed by atoms with Crippen molar-refractivity contribution in [1.29, 1.82) is 0 Å². The Morgan fingerprint density at radius 3 is 2.30 bits per heavy atom. The van der Waals surface area contributed by atoms with Gasteiger partial charge in [0.1, 0.15) is 5.75 Å². The van der Waals surface area contributed by atoms with Crippen molar-refractivity contribution in [3.63, 3.8) is 0 Å². The average Bonchev–Trinajstić information content (AvgIpc) is 2.38. The van der Waals surface area contributed by atoms with E-state index in [1.807, 2.05) is 20.8 Å². The topological polar surface area (TPSA) is 61.8 Å². The van der Waals surface area contributed by atoms with Gasteiger partial charge in [0.15, 0.2) is 0 Å². The van der Waals surface area contributed by atoms with Crippen molar-refractivity contribution in [2.45, 2.75) is 26.8 Å². The number of hydrogen-bond donors (Lipinski definition) is 2. The minimum atomic E-state index is -0.249. The number of carbonyl (C=O) groups excluding carboxylic acids is 1. The first-order valence-corrected chi connectivity index (χ1v) is 6.58. The molecule has 0 aliphatic heterocycles. The van der Waals surface area contributed by atoms with E-state index in [1.54, 1.807) is 38.4 Å². The van der Waals surface area contributed by atoms with Crippen LogP contribution in [0, 0.1) is 5.41 Å². The third-order valence-electron chi connectivity index (χ3n) is 3.30. The van der Waals surface area contributed by atoms with E-state index in [-0.39, 0.29) is 24.1 Å². The number of benzene rings is 1. The summed E-state index contributed by atoms with van der Waals surface area (Å²) in [5.74, 6) is 0.735. The smallest absolute Gasteiger partial charge is 0.321 e. The minimum absolute atomic E-state index is 0.0734. The predicted molar refractivity (Wildman–Crippen MR) is 80.1 cm³/mol. The zero-order valence-electron chi connectivity index (χ0n) is 12.8. The maximum atomic E-state index is 12.2. The number of aliphatic hydroxyl groups excluding tert-OH is 1. The summed E-state index contributed by atoms with van der Waals surface area (Å²) in [4.78, 5) is 13.7. The van der Waals surface area contributed by atoms with Crippen molar-refractivity contribution >= 4 is 11.7 Å². The van der Waals surface area contributed by atoms with E-state index in [4.69, 9.17) is 4.74 Å². The zero-order chi connectivity index (χ0) is 15.3. The molecule has 2 N–H and O–H groups in total. The van der Waals surface area contributed by atoms with Crippen LogP contribution in [-0.4, -0.2) is 42.8 Å². The van der Waals surface area contributed by atoms with Gasteiger partial charge in [-0.2, -0.15) is 0 Å². The Kier molecular flexibility index (Phi) is 5.39. The summed E-state index contributed by atoms with van der Waals surface area (Å²) < 4.78 is 5.07. The number of aliphatic hydroxyl groups is 1. The summed E-state index contributed by atoms with van der Waals surface area (Å²) in [6, 6.07) is 6.61. The number of carbonyl (C=O) groups is 1. The van der Waals surface area contributed by atoms with Gasteiger partial charge >= 0.3 is 6.03 Å². The number of hydrogen-bond acceptors (Lipinski definition) is 3. The van der Waals surface area contributed by atoms with Crippen LogP contribution >= 0.6 is 0 Å². The van der Waals surface area contributed by atoms with Crippen LogP contribution in [0.25, 0.3) is 0 Å². The molecular weight excluding hydrogens is 256 g/mol. The Hall–Kier alpha value is -1.75. The molecule has 0 heterocycles. The first-order chi connectivity index (χ1) is 9.29. The molecule has 2 amide bonds. The highest BCUT2D eigenvalue weighted by atomic mass is 16.5. The van der Waals surface area contributed by atoms with Crippen molar-refractivity contribution in [2.75, 3.05) is 26.1 Å². The molecule has 0 fully saturated rings. The first kappa shape index (κ1) is 16.3. The quantitative estimate of drug-likeness (QED) is 0.891. The third kappa shape index (κ3) is 4.13. The van der Waals surface area contributed by atoms with E-state index in [0.29, 0.717) is 5.69 Å². The first-order valence-electron chi connectivity index (χ1n) is 6.58. The number of likely N-dealkylation sites (N-methyl/N-ethyl adjacent to an activating group) is 1. The fraction of sp³-hybridized carbons (Fsp3) is 0.533. The van der Waals surface area contributed by atoms with E-state index in [1.165, 1.54) is 4.90 Å². The van der Waals surface area contributed by atoms with Crippen molar-refractivity contribution in [2.24, 2.45) is 5.41 Å². The fourth-order valence-corrected chi connectivity index (χ4v) is 2.00. The third-order valence-corrected chi connectivity index (χ3v) is 3.30. The molecule has 1 atom stereocenters. The molecule has 0 saturated carbocycles. The van der Waals surface area contributed by atoms with Gasteiger partial charge in [-0.15, -0.1) is 0 Å². The summed E-state index contributed by atoms with van der Waals surface area (Å²) in [5, 5.41) is 12.3. The number of methoxy groups -OCH3 is 1. The van der Waals surface area contributed by atoms with Crippen LogP contribution in [0.15, 0.2) is 24.3 Å². The molecule has 112 valence electrons. The van der Waals surface area contributed by atoms with Crippen molar-refractivity contribution < 1.29 is 14.6 Å². The number of urea groups is 1. The number of nitrogens with one attached hydrogen (secondary N) is 1. The molecule has 0 radical (unpaired) electrons. The molecule has 0 spiro atoms. The van der Waals surface area contributed by atoms with Gasteiger partial charge in [0.2, 0.25) is 0 Å². The molecule has 0 aliphatic carbocycles. The molecule has 0 unspecified atom stereocenters. The normalized spacial score (nSPS) is 12.7. The van der Waals surface area contributed by atoms with Gasteiger partial charge in [0, 0.05) is 12.7 Å². The highest BCUT2D eigenvalue weighted by Crippen LogP contribution is 2.24. The number of anilines is 1. The van der Waals surface area contributed by atoms with Crippen LogP contribution in [0.4, 0.5) is 10.5 Å². The van der Waals surface area contributed by atoms with Gasteiger partial charge in [-0.05, 0) is 29.7 Å². The number of rotatable bonds is 4. The van der Waals surface area contributed by atoms with E-state index < -0.39 is 0 Å². The summed E-state index contributed by atoms with van der Waals surface area (Å²) in [5.41, 5.74) is 0.494. The largest absolute Gasteiger partial charge is 0.497 e. The summed E-state index contributed by atoms with van der Waals surface area (Å²) in [6.07, 6.45) is 0. The van der Waals surface area contributed by atoms with Crippen LogP contribution in [0.2, 0.25) is 0 Å². The van der Waals surface area contributed by atoms with Gasteiger partial charge in [-0.1, -0.05) is 20.8 Å². The van der Waals surface area contributed by atoms with E-state index in [2.05, 4.69) is 5.32 Å². The maximum absolute atomic E-state index is 12.2. The maximum Gasteiger partial charge on any atom is 0.321 e. The standard InChI is InChI=1S/C15H24N2O3/c1-15(2,3)13(10-18)17(4)14(19)16-11-6-8-12(20-5)9-7-11/h6-9,13,18H,10H2,1-5H3,(H,16,19)/t13-/m1/s1. The predicted octanol–water partition coefficient (Wildman–Crippen LogP) is 2.57. The second-order valence-electron chi connectivity index (χ2n) is 5.83. The number of ether oxygens (including phenoxy) is 1. The molecule has 1 aromatic carbocycles. The minimum Gasteiger partial charge on any atom is -0.497 e. The van der Waals surface area contributed by atoms with Crippen LogP contribution in [0.3, 0.4) is 0 Å². The molecule has 5 nitrogen and oxygen atoms in total. The van der Waals surface area contributed by atoms with Crippen LogP contribution < -0.4 is 10.1 Å². The summed E-state index contributed by atoms with van der Waals surface area (Å²) >= 11 is 0. The van der Waals surface area contributed by atoms with Crippen molar-refractivity contribution in [3.05, 3.63) is 24.3 Å². The molecule has 1 rings (SSSR count). The molecule has 0 bridgehead atoms. The van der Waals surface area contributed by atoms with Crippen molar-refractivity contribution in [1.82, 2.24) is 4.90 Å². The van der Waals surface area contributed by atoms with Gasteiger partial charge in [0.25, 0.3) is 0 Å². The second-order valence-corrected chi connectivity index (χ2v) is 5.83. The van der Waals surface area contributed by atoms with Crippen molar-refractivity contribution in [3.8, 4) is 5.75 Å². The molecule has 5 heteroatoms. The fourth-order valence-electron chi connectivity index (χ4n) is 2.00.